The van der Waals surface area contributed by atoms with Gasteiger partial charge in [0, 0.05) is 45.5 Å². The van der Waals surface area contributed by atoms with Gasteiger partial charge < -0.3 is 10.2 Å². The third kappa shape index (κ3) is 4.86. The number of benzene rings is 1. The quantitative estimate of drug-likeness (QED) is 0.859. The average Bonchev–Trinajstić information content (AvgIpc) is 2.68. The molecular weight excluding hydrogens is 326 g/mol. The summed E-state index contributed by atoms with van der Waals surface area (Å²) < 4.78 is 0. The molecule has 1 amide bonds. The maximum atomic E-state index is 12.3. The van der Waals surface area contributed by atoms with Crippen LogP contribution in [0.3, 0.4) is 0 Å². The van der Waals surface area contributed by atoms with E-state index >= 15 is 0 Å². The molecule has 2 heterocycles. The fourth-order valence-corrected chi connectivity index (χ4v) is 3.16. The smallest absolute Gasteiger partial charge is 0.271 e. The van der Waals surface area contributed by atoms with E-state index in [2.05, 4.69) is 50.2 Å². The van der Waals surface area contributed by atoms with E-state index in [-0.39, 0.29) is 5.91 Å². The Bertz CT molecular complexity index is 723. The lowest BCUT2D eigenvalue weighted by Crippen LogP contribution is -2.45. The minimum absolute atomic E-state index is 0.191. The van der Waals surface area contributed by atoms with Crippen LogP contribution in [0.1, 0.15) is 34.2 Å². The lowest BCUT2D eigenvalue weighted by Gasteiger charge is -2.34. The van der Waals surface area contributed by atoms with Gasteiger partial charge in [0.05, 0.1) is 11.9 Å². The van der Waals surface area contributed by atoms with Crippen LogP contribution < -0.4 is 5.32 Å². The number of carbonyl (C=O) groups is 1. The second kappa shape index (κ2) is 8.87. The second-order valence-corrected chi connectivity index (χ2v) is 6.70. The Labute approximate surface area is 155 Å². The Morgan fingerprint density at radius 2 is 1.73 bits per heavy atom. The van der Waals surface area contributed by atoms with Crippen molar-refractivity contribution in [3.8, 4) is 0 Å². The molecule has 1 fully saturated rings. The third-order valence-corrected chi connectivity index (χ3v) is 4.88. The van der Waals surface area contributed by atoms with Crippen LogP contribution in [0.2, 0.25) is 0 Å². The molecule has 138 valence electrons. The number of nitrogens with one attached hydrogen (secondary N) is 1. The van der Waals surface area contributed by atoms with Gasteiger partial charge in [0.15, 0.2) is 0 Å². The molecule has 1 aromatic carbocycles. The van der Waals surface area contributed by atoms with Gasteiger partial charge in [-0.2, -0.15) is 0 Å². The molecule has 1 aliphatic rings. The number of likely N-dealkylation sites (N-methyl/N-ethyl adjacent to an activating group) is 1. The minimum atomic E-state index is -0.191. The molecule has 0 unspecified atom stereocenters. The standard InChI is InChI=1S/C20H27N5O/c1-3-24-8-10-25(11-9-24)15-18-7-5-4-6-17(18)13-23-20(26)19-14-21-16(2)12-22-19/h4-7,12,14H,3,8-11,13,15H2,1-2H3,(H,23,26). The molecule has 1 aromatic heterocycles. The monoisotopic (exact) mass is 353 g/mol. The number of nitrogens with zero attached hydrogens (tertiary/aromatic N) is 4. The van der Waals surface area contributed by atoms with Crippen molar-refractivity contribution in [2.75, 3.05) is 32.7 Å². The highest BCUT2D eigenvalue weighted by molar-refractivity contribution is 5.91. The number of aryl methyl sites for hydroxylation is 1. The van der Waals surface area contributed by atoms with Crippen molar-refractivity contribution in [1.82, 2.24) is 25.1 Å². The van der Waals surface area contributed by atoms with Crippen LogP contribution >= 0.6 is 0 Å². The highest BCUT2D eigenvalue weighted by atomic mass is 16.1. The molecule has 6 nitrogen and oxygen atoms in total. The molecule has 1 N–H and O–H groups in total. The zero-order valence-electron chi connectivity index (χ0n) is 15.6. The molecule has 0 spiro atoms. The number of amides is 1. The van der Waals surface area contributed by atoms with E-state index in [9.17, 15) is 4.79 Å². The predicted molar refractivity (Wildman–Crippen MR) is 102 cm³/mol. The molecule has 0 saturated carbocycles. The van der Waals surface area contributed by atoms with Crippen molar-refractivity contribution in [2.24, 2.45) is 0 Å². The minimum Gasteiger partial charge on any atom is -0.347 e. The van der Waals surface area contributed by atoms with Gasteiger partial charge in [-0.3, -0.25) is 14.7 Å². The number of rotatable bonds is 6. The summed E-state index contributed by atoms with van der Waals surface area (Å²) in [5.41, 5.74) is 3.57. The Kier molecular flexibility index (Phi) is 6.30. The average molecular weight is 353 g/mol. The molecule has 1 saturated heterocycles. The van der Waals surface area contributed by atoms with E-state index in [4.69, 9.17) is 0 Å². The molecule has 26 heavy (non-hydrogen) atoms. The molecule has 0 aliphatic carbocycles. The van der Waals surface area contributed by atoms with Crippen LogP contribution in [0.15, 0.2) is 36.7 Å². The highest BCUT2D eigenvalue weighted by Crippen LogP contribution is 2.14. The van der Waals surface area contributed by atoms with Crippen LogP contribution in [-0.2, 0) is 13.1 Å². The molecule has 2 aromatic rings. The normalized spacial score (nSPS) is 15.8. The van der Waals surface area contributed by atoms with Gasteiger partial charge in [-0.05, 0) is 24.6 Å². The number of hydrogen-bond donors (Lipinski definition) is 1. The van der Waals surface area contributed by atoms with E-state index < -0.39 is 0 Å². The van der Waals surface area contributed by atoms with Gasteiger partial charge in [-0.1, -0.05) is 31.2 Å². The Morgan fingerprint density at radius 1 is 1.04 bits per heavy atom. The molecule has 1 aliphatic heterocycles. The summed E-state index contributed by atoms with van der Waals surface area (Å²) in [5.74, 6) is -0.191. The number of carbonyl (C=O) groups excluding carboxylic acids is 1. The Morgan fingerprint density at radius 3 is 2.38 bits per heavy atom. The maximum Gasteiger partial charge on any atom is 0.271 e. The van der Waals surface area contributed by atoms with E-state index in [0.29, 0.717) is 12.2 Å². The first-order chi connectivity index (χ1) is 12.7. The van der Waals surface area contributed by atoms with Gasteiger partial charge in [0.25, 0.3) is 5.91 Å². The van der Waals surface area contributed by atoms with Crippen LogP contribution in [0.5, 0.6) is 0 Å². The molecule has 0 radical (unpaired) electrons. The summed E-state index contributed by atoms with van der Waals surface area (Å²) >= 11 is 0. The van der Waals surface area contributed by atoms with Crippen molar-refractivity contribution in [2.45, 2.75) is 26.9 Å². The molecular formula is C20H27N5O. The summed E-state index contributed by atoms with van der Waals surface area (Å²) in [5, 5.41) is 2.96. The molecule has 3 rings (SSSR count). The van der Waals surface area contributed by atoms with Crippen LogP contribution in [-0.4, -0.2) is 58.4 Å². The number of piperazine rings is 1. The highest BCUT2D eigenvalue weighted by Gasteiger charge is 2.17. The summed E-state index contributed by atoms with van der Waals surface area (Å²) in [4.78, 5) is 25.5. The van der Waals surface area contributed by atoms with Gasteiger partial charge >= 0.3 is 0 Å². The first-order valence-corrected chi connectivity index (χ1v) is 9.24. The van der Waals surface area contributed by atoms with Crippen LogP contribution in [0.25, 0.3) is 0 Å². The van der Waals surface area contributed by atoms with E-state index in [0.717, 1.165) is 50.5 Å². The Hall–Kier alpha value is -2.31. The number of aromatic nitrogens is 2. The zero-order valence-corrected chi connectivity index (χ0v) is 15.6. The van der Waals surface area contributed by atoms with Crippen molar-refractivity contribution in [1.29, 1.82) is 0 Å². The van der Waals surface area contributed by atoms with Crippen LogP contribution in [0.4, 0.5) is 0 Å². The number of hydrogen-bond acceptors (Lipinski definition) is 5. The second-order valence-electron chi connectivity index (χ2n) is 6.70. The third-order valence-electron chi connectivity index (χ3n) is 4.88. The van der Waals surface area contributed by atoms with Crippen molar-refractivity contribution < 1.29 is 4.79 Å². The zero-order chi connectivity index (χ0) is 18.4. The van der Waals surface area contributed by atoms with Crippen LogP contribution in [0, 0.1) is 6.92 Å². The lowest BCUT2D eigenvalue weighted by atomic mass is 10.1. The fourth-order valence-electron chi connectivity index (χ4n) is 3.16. The Balaban J connectivity index is 1.58. The van der Waals surface area contributed by atoms with E-state index in [1.54, 1.807) is 6.20 Å². The van der Waals surface area contributed by atoms with E-state index in [1.807, 2.05) is 13.0 Å². The first-order valence-electron chi connectivity index (χ1n) is 9.24. The van der Waals surface area contributed by atoms with E-state index in [1.165, 1.54) is 11.8 Å². The van der Waals surface area contributed by atoms with Crippen molar-refractivity contribution in [3.05, 3.63) is 59.2 Å². The summed E-state index contributed by atoms with van der Waals surface area (Å²) in [6.45, 7) is 11.0. The molecule has 0 bridgehead atoms. The summed E-state index contributed by atoms with van der Waals surface area (Å²) in [7, 11) is 0. The SMILES string of the molecule is CCN1CCN(Cc2ccccc2CNC(=O)c2cnc(C)cn2)CC1. The first kappa shape index (κ1) is 18.5. The van der Waals surface area contributed by atoms with Crippen molar-refractivity contribution >= 4 is 5.91 Å². The van der Waals surface area contributed by atoms with Gasteiger partial charge in [-0.15, -0.1) is 0 Å². The van der Waals surface area contributed by atoms with Gasteiger partial charge in [0.1, 0.15) is 5.69 Å². The lowest BCUT2D eigenvalue weighted by molar-refractivity contribution is 0.0945. The predicted octanol–water partition coefficient (Wildman–Crippen LogP) is 1.85. The largest absolute Gasteiger partial charge is 0.347 e. The molecule has 0 atom stereocenters. The molecule has 6 heteroatoms. The summed E-state index contributed by atoms with van der Waals surface area (Å²) in [6, 6.07) is 8.32. The maximum absolute atomic E-state index is 12.3. The topological polar surface area (TPSA) is 61.4 Å². The van der Waals surface area contributed by atoms with Crippen molar-refractivity contribution in [3.63, 3.8) is 0 Å². The van der Waals surface area contributed by atoms with Gasteiger partial charge in [-0.25, -0.2) is 4.98 Å². The fraction of sp³-hybridized carbons (Fsp3) is 0.450. The van der Waals surface area contributed by atoms with Gasteiger partial charge in [0.2, 0.25) is 0 Å². The summed E-state index contributed by atoms with van der Waals surface area (Å²) in [6.07, 6.45) is 3.13.